The van der Waals surface area contributed by atoms with Crippen molar-refractivity contribution in [1.82, 2.24) is 3.23 Å². The second-order valence-electron chi connectivity index (χ2n) is 3.84. The van der Waals surface area contributed by atoms with Crippen LogP contribution in [0.1, 0.15) is 0 Å². The fraction of sp³-hybridized carbons (Fsp3) is 0. The van der Waals surface area contributed by atoms with Crippen LogP contribution in [0.4, 0.5) is 0 Å². The predicted octanol–water partition coefficient (Wildman–Crippen LogP) is 3.86. The molecule has 0 N–H and O–H groups in total. The van der Waals surface area contributed by atoms with Crippen molar-refractivity contribution in [2.24, 2.45) is 0 Å². The Kier molecular flexibility index (Phi) is 5.29. The lowest BCUT2D eigenvalue weighted by Crippen LogP contribution is -2.24. The second-order valence-corrected chi connectivity index (χ2v) is 8.81. The summed E-state index contributed by atoms with van der Waals surface area (Å²) < 4.78 is 37.0. The van der Waals surface area contributed by atoms with Gasteiger partial charge in [-0.1, -0.05) is 23.2 Å². The van der Waals surface area contributed by atoms with E-state index >= 15 is 0 Å². The quantitative estimate of drug-likeness (QED) is 0.752. The fourth-order valence-corrected chi connectivity index (χ4v) is 4.55. The topological polar surface area (TPSA) is 54.5 Å². The van der Waals surface area contributed by atoms with Gasteiger partial charge in [-0.2, -0.15) is 0 Å². The van der Waals surface area contributed by atoms with Gasteiger partial charge in [0.15, 0.2) is 11.0 Å². The number of halogens is 3. The molecule has 0 spiro atoms. The highest BCUT2D eigenvalue weighted by Gasteiger charge is 2.29. The first kappa shape index (κ1) is 16.7. The van der Waals surface area contributed by atoms with Crippen LogP contribution in [0, 0.1) is 0 Å². The van der Waals surface area contributed by atoms with E-state index in [1.165, 1.54) is 48.5 Å². The minimum atomic E-state index is -4.11. The number of nitrogens with zero attached hydrogens (tertiary/aromatic N) is 1. The molecule has 0 amide bonds. The van der Waals surface area contributed by atoms with Crippen LogP contribution in [-0.2, 0) is 21.0 Å². The van der Waals surface area contributed by atoms with Crippen LogP contribution in [0.15, 0.2) is 58.3 Å². The second kappa shape index (κ2) is 6.64. The molecule has 0 aliphatic carbocycles. The highest BCUT2D eigenvalue weighted by atomic mass is 35.5. The number of hydrogen-bond acceptors (Lipinski definition) is 3. The van der Waals surface area contributed by atoms with Crippen molar-refractivity contribution in [2.75, 3.05) is 0 Å². The summed E-state index contributed by atoms with van der Waals surface area (Å²) in [6, 6.07) is 11.2. The Morgan fingerprint density at radius 2 is 1.29 bits per heavy atom. The van der Waals surface area contributed by atoms with Gasteiger partial charge >= 0.3 is 0 Å². The number of sulfonamides is 1. The molecule has 0 bridgehead atoms. The van der Waals surface area contributed by atoms with Crippen molar-refractivity contribution in [1.29, 1.82) is 0 Å². The van der Waals surface area contributed by atoms with Gasteiger partial charge in [-0.3, -0.25) is 0 Å². The zero-order chi connectivity index (χ0) is 15.6. The van der Waals surface area contributed by atoms with Gasteiger partial charge in [-0.25, -0.2) is 12.6 Å². The lowest BCUT2D eigenvalue weighted by molar-refractivity contribution is 0.576. The maximum Gasteiger partial charge on any atom is 0.268 e. The van der Waals surface area contributed by atoms with Crippen LogP contribution in [-0.4, -0.2) is 15.9 Å². The van der Waals surface area contributed by atoms with Crippen LogP contribution in [0.5, 0.6) is 0 Å². The molecule has 0 aliphatic rings. The fourth-order valence-electron chi connectivity index (χ4n) is 1.41. The molecule has 2 rings (SSSR count). The van der Waals surface area contributed by atoms with Crippen LogP contribution in [0.2, 0.25) is 10.0 Å². The molecule has 0 aromatic heterocycles. The Hall–Kier alpha value is -0.630. The molecule has 0 fully saturated rings. The first-order valence-corrected chi connectivity index (χ1v) is 9.10. The molecular weight excluding hydrogens is 377 g/mol. The van der Waals surface area contributed by atoms with Crippen molar-refractivity contribution in [3.8, 4) is 0 Å². The smallest absolute Gasteiger partial charge is 0.235 e. The lowest BCUT2D eigenvalue weighted by atomic mass is 10.4. The molecule has 0 saturated heterocycles. The van der Waals surface area contributed by atoms with Gasteiger partial charge in [0.1, 0.15) is 0 Å². The maximum absolute atomic E-state index is 12.3. The average molecular weight is 385 g/mol. The number of benzene rings is 2. The third kappa shape index (κ3) is 3.77. The summed E-state index contributed by atoms with van der Waals surface area (Å²) in [6.45, 7) is 0. The Bertz CT molecular complexity index is 761. The Morgan fingerprint density at radius 1 is 0.857 bits per heavy atom. The van der Waals surface area contributed by atoms with Gasteiger partial charge in [0, 0.05) is 21.8 Å². The van der Waals surface area contributed by atoms with Gasteiger partial charge < -0.3 is 0 Å². The van der Waals surface area contributed by atoms with Crippen molar-refractivity contribution < 1.29 is 12.6 Å². The lowest BCUT2D eigenvalue weighted by Gasteiger charge is -2.13. The predicted molar refractivity (Wildman–Crippen MR) is 84.2 cm³/mol. The van der Waals surface area contributed by atoms with Crippen molar-refractivity contribution in [3.63, 3.8) is 0 Å². The maximum atomic E-state index is 12.3. The van der Waals surface area contributed by atoms with E-state index in [-0.39, 0.29) is 13.0 Å². The molecule has 0 radical (unpaired) electrons. The van der Waals surface area contributed by atoms with Gasteiger partial charge in [-0.05, 0) is 51.8 Å². The van der Waals surface area contributed by atoms with E-state index in [0.29, 0.717) is 10.0 Å². The van der Waals surface area contributed by atoms with Crippen molar-refractivity contribution in [3.05, 3.63) is 58.6 Å². The molecule has 2 aromatic rings. The minimum absolute atomic E-state index is 0.107. The first-order chi connectivity index (χ1) is 9.82. The molecule has 2 aromatic carbocycles. The molecule has 0 saturated carbocycles. The molecule has 0 heterocycles. The summed E-state index contributed by atoms with van der Waals surface area (Å²) in [6.07, 6.45) is 0. The van der Waals surface area contributed by atoms with E-state index in [9.17, 15) is 12.6 Å². The van der Waals surface area contributed by atoms with Crippen LogP contribution >= 0.6 is 35.0 Å². The Balaban J connectivity index is 2.33. The van der Waals surface area contributed by atoms with E-state index in [1.54, 1.807) is 0 Å². The van der Waals surface area contributed by atoms with Gasteiger partial charge in [0.05, 0.1) is 9.79 Å². The standard InChI is InChI=1S/C12H8Cl3NO3S2/c13-9-1-5-11(6-2-9)20(17)16(15)21(18,19)12-7-3-10(14)4-8-12/h1-8H. The Labute approximate surface area is 140 Å². The monoisotopic (exact) mass is 383 g/mol. The number of hydrogen-bond donors (Lipinski definition) is 0. The normalized spacial score (nSPS) is 13.3. The van der Waals surface area contributed by atoms with E-state index in [0.717, 1.165) is 0 Å². The molecule has 4 nitrogen and oxygen atoms in total. The third-order valence-corrected chi connectivity index (χ3v) is 7.05. The Morgan fingerprint density at radius 3 is 1.76 bits per heavy atom. The zero-order valence-corrected chi connectivity index (χ0v) is 14.1. The van der Waals surface area contributed by atoms with Crippen LogP contribution in [0.3, 0.4) is 0 Å². The minimum Gasteiger partial charge on any atom is -0.235 e. The van der Waals surface area contributed by atoms with Crippen LogP contribution in [0.25, 0.3) is 0 Å². The van der Waals surface area contributed by atoms with Gasteiger partial charge in [0.2, 0.25) is 0 Å². The van der Waals surface area contributed by atoms with Crippen LogP contribution < -0.4 is 0 Å². The summed E-state index contributed by atoms with van der Waals surface area (Å²) in [5, 5.41) is 0.825. The van der Waals surface area contributed by atoms with Gasteiger partial charge in [0.25, 0.3) is 10.0 Å². The zero-order valence-electron chi connectivity index (χ0n) is 10.2. The van der Waals surface area contributed by atoms with E-state index in [1.807, 2.05) is 0 Å². The van der Waals surface area contributed by atoms with E-state index < -0.39 is 21.0 Å². The summed E-state index contributed by atoms with van der Waals surface area (Å²) in [7, 11) is -6.20. The van der Waals surface area contributed by atoms with E-state index in [4.69, 9.17) is 35.0 Å². The van der Waals surface area contributed by atoms with E-state index in [2.05, 4.69) is 0 Å². The molecule has 21 heavy (non-hydrogen) atoms. The third-order valence-electron chi connectivity index (χ3n) is 2.45. The molecule has 9 heteroatoms. The average Bonchev–Trinajstić information content (AvgIpc) is 2.47. The number of rotatable bonds is 4. The van der Waals surface area contributed by atoms with Crippen molar-refractivity contribution >= 4 is 56.0 Å². The molecule has 0 aliphatic heterocycles. The van der Waals surface area contributed by atoms with Crippen molar-refractivity contribution in [2.45, 2.75) is 9.79 Å². The largest absolute Gasteiger partial charge is 0.268 e. The SMILES string of the molecule is O=S(c1ccc(Cl)cc1)N(Cl)S(=O)(=O)c1ccc(Cl)cc1. The molecule has 1 unspecified atom stereocenters. The summed E-state index contributed by atoms with van der Waals surface area (Å²) in [5.41, 5.74) is 0. The summed E-state index contributed by atoms with van der Waals surface area (Å²) >= 11 is 17.2. The first-order valence-electron chi connectivity index (χ1n) is 5.46. The molecule has 1 atom stereocenters. The highest BCUT2D eigenvalue weighted by molar-refractivity contribution is 8.02. The summed E-state index contributed by atoms with van der Waals surface area (Å²) in [4.78, 5) is 0.108. The summed E-state index contributed by atoms with van der Waals surface area (Å²) in [5.74, 6) is 0. The molecule has 112 valence electrons. The highest BCUT2D eigenvalue weighted by Crippen LogP contribution is 2.25. The molecular formula is C12H8Cl3NO3S2. The van der Waals surface area contributed by atoms with Gasteiger partial charge in [-0.15, -0.1) is 0 Å².